The van der Waals surface area contributed by atoms with Gasteiger partial charge in [0.1, 0.15) is 0 Å². The molecule has 0 spiro atoms. The van der Waals surface area contributed by atoms with Crippen molar-refractivity contribution in [2.45, 2.75) is 26.7 Å². The summed E-state index contributed by atoms with van der Waals surface area (Å²) in [6, 6.07) is 0. The Morgan fingerprint density at radius 1 is 1.62 bits per heavy atom. The van der Waals surface area contributed by atoms with Crippen LogP contribution in [-0.4, -0.2) is 6.29 Å². The van der Waals surface area contributed by atoms with Crippen molar-refractivity contribution in [3.63, 3.8) is 0 Å². The van der Waals surface area contributed by atoms with E-state index in [-0.39, 0.29) is 0 Å². The lowest BCUT2D eigenvalue weighted by atomic mass is 10.2. The van der Waals surface area contributed by atoms with E-state index in [4.69, 9.17) is 0 Å². The van der Waals surface area contributed by atoms with Gasteiger partial charge in [-0.2, -0.15) is 0 Å². The summed E-state index contributed by atoms with van der Waals surface area (Å²) in [6.07, 6.45) is 5.49. The van der Waals surface area contributed by atoms with Gasteiger partial charge in [-0.15, -0.1) is 0 Å². The lowest BCUT2D eigenvalue weighted by Crippen LogP contribution is -1.79. The van der Waals surface area contributed by atoms with Crippen LogP contribution in [0, 0.1) is 0 Å². The lowest BCUT2D eigenvalue weighted by molar-refractivity contribution is 0.560. The molecule has 0 aliphatic heterocycles. The summed E-state index contributed by atoms with van der Waals surface area (Å²) in [5.41, 5.74) is 0.785. The number of carbonyl (C=O) groups excluding carboxylic acids is 1. The molecule has 0 amide bonds. The van der Waals surface area contributed by atoms with Crippen LogP contribution in [0.15, 0.2) is 11.6 Å². The van der Waals surface area contributed by atoms with Gasteiger partial charge in [0.25, 0.3) is 0 Å². The van der Waals surface area contributed by atoms with Crippen LogP contribution in [0.5, 0.6) is 0 Å². The molecule has 0 aromatic rings. The minimum absolute atomic E-state index is 0.785. The first-order chi connectivity index (χ1) is 3.85. The Hall–Kier alpha value is -0.590. The number of allylic oxidation sites excluding steroid dienone is 2. The maximum absolute atomic E-state index is 9.93. The molecule has 0 rings (SSSR count). The molecule has 0 atom stereocenters. The first-order valence-electron chi connectivity index (χ1n) is 2.92. The Morgan fingerprint density at radius 2 is 2.25 bits per heavy atom. The summed E-state index contributed by atoms with van der Waals surface area (Å²) in [5.74, 6) is 0. The lowest BCUT2D eigenvalue weighted by Gasteiger charge is -1.86. The van der Waals surface area contributed by atoms with Crippen LogP contribution >= 0.6 is 0 Å². The van der Waals surface area contributed by atoms with Crippen LogP contribution in [0.4, 0.5) is 0 Å². The first kappa shape index (κ1) is 7.41. The number of hydrogen-bond acceptors (Lipinski definition) is 1. The molecule has 0 heterocycles. The fourth-order valence-electron chi connectivity index (χ4n) is 0.505. The first-order valence-corrected chi connectivity index (χ1v) is 2.92. The van der Waals surface area contributed by atoms with Crippen molar-refractivity contribution in [2.75, 3.05) is 0 Å². The second-order valence-electron chi connectivity index (χ2n) is 1.59. The minimum atomic E-state index is 0.785. The Labute approximate surface area is 50.4 Å². The fourth-order valence-corrected chi connectivity index (χ4v) is 0.505. The van der Waals surface area contributed by atoms with Crippen molar-refractivity contribution in [3.05, 3.63) is 11.6 Å². The van der Waals surface area contributed by atoms with E-state index < -0.39 is 0 Å². The molecule has 0 saturated heterocycles. The van der Waals surface area contributed by atoms with Gasteiger partial charge >= 0.3 is 0 Å². The molecule has 0 saturated carbocycles. The van der Waals surface area contributed by atoms with Crippen LogP contribution in [0.2, 0.25) is 0 Å². The van der Waals surface area contributed by atoms with Gasteiger partial charge in [-0.05, 0) is 18.4 Å². The third kappa shape index (κ3) is 2.56. The molecule has 0 aliphatic rings. The van der Waals surface area contributed by atoms with Gasteiger partial charge in [0.15, 0.2) is 0 Å². The molecule has 0 unspecified atom stereocenters. The van der Waals surface area contributed by atoms with Crippen LogP contribution < -0.4 is 0 Å². The molecule has 0 aromatic heterocycles. The summed E-state index contributed by atoms with van der Waals surface area (Å²) in [4.78, 5) is 9.93. The predicted molar refractivity (Wildman–Crippen MR) is 34.4 cm³/mol. The van der Waals surface area contributed by atoms with Crippen molar-refractivity contribution in [1.29, 1.82) is 0 Å². The molecular weight excluding hydrogens is 100 g/mol. The van der Waals surface area contributed by atoms with Gasteiger partial charge in [0, 0.05) is 0 Å². The van der Waals surface area contributed by atoms with Gasteiger partial charge in [-0.25, -0.2) is 0 Å². The van der Waals surface area contributed by atoms with E-state index in [0.717, 1.165) is 18.4 Å². The molecule has 0 aromatic carbocycles. The van der Waals surface area contributed by atoms with Crippen molar-refractivity contribution in [2.24, 2.45) is 0 Å². The monoisotopic (exact) mass is 111 g/mol. The van der Waals surface area contributed by atoms with Crippen molar-refractivity contribution in [3.8, 4) is 0 Å². The van der Waals surface area contributed by atoms with Crippen LogP contribution in [0.3, 0.4) is 0 Å². The molecule has 0 bridgehead atoms. The quantitative estimate of drug-likeness (QED) is 0.508. The van der Waals surface area contributed by atoms with E-state index in [9.17, 15) is 4.79 Å². The zero-order valence-corrected chi connectivity index (χ0v) is 5.40. The summed E-state index contributed by atoms with van der Waals surface area (Å²) in [6.45, 7) is 3.96. The summed E-state index contributed by atoms with van der Waals surface area (Å²) in [7, 11) is 0. The number of rotatable bonds is 3. The van der Waals surface area contributed by atoms with Crippen molar-refractivity contribution < 1.29 is 4.79 Å². The smallest absolute Gasteiger partial charge is 0.228 e. The average molecular weight is 111 g/mol. The molecule has 45 valence electrons. The highest BCUT2D eigenvalue weighted by Gasteiger charge is 1.86. The Kier molecular flexibility index (Phi) is 4.23. The molecule has 8 heavy (non-hydrogen) atoms. The Bertz CT molecular complexity index is 92.6. The molecule has 0 aliphatic carbocycles. The molecule has 0 fully saturated rings. The van der Waals surface area contributed by atoms with Gasteiger partial charge < -0.3 is 0 Å². The zero-order valence-electron chi connectivity index (χ0n) is 5.40. The topological polar surface area (TPSA) is 17.1 Å². The summed E-state index contributed by atoms with van der Waals surface area (Å²) in [5, 5.41) is 0. The minimum Gasteiger partial charge on any atom is -0.285 e. The van der Waals surface area contributed by atoms with E-state index in [1.54, 1.807) is 0 Å². The van der Waals surface area contributed by atoms with Gasteiger partial charge in [0.05, 0.1) is 0 Å². The van der Waals surface area contributed by atoms with E-state index in [0.29, 0.717) is 0 Å². The van der Waals surface area contributed by atoms with E-state index >= 15 is 0 Å². The second-order valence-corrected chi connectivity index (χ2v) is 1.59. The Balaban J connectivity index is 3.66. The SMILES string of the molecule is CCC=C([C]=O)CC. The van der Waals surface area contributed by atoms with E-state index in [1.165, 1.54) is 0 Å². The van der Waals surface area contributed by atoms with E-state index in [1.807, 2.05) is 26.2 Å². The summed E-state index contributed by atoms with van der Waals surface area (Å²) < 4.78 is 0. The maximum atomic E-state index is 9.93. The number of hydrogen-bond donors (Lipinski definition) is 0. The maximum Gasteiger partial charge on any atom is 0.228 e. The van der Waals surface area contributed by atoms with Crippen LogP contribution in [-0.2, 0) is 4.79 Å². The van der Waals surface area contributed by atoms with Gasteiger partial charge in [-0.1, -0.05) is 19.9 Å². The standard InChI is InChI=1S/C7H11O/c1-3-5-7(4-2)6-8/h5H,3-4H2,1-2H3. The molecule has 0 N–H and O–H groups in total. The third-order valence-electron chi connectivity index (χ3n) is 0.963. The predicted octanol–water partition coefficient (Wildman–Crippen LogP) is 1.84. The normalized spacial score (nSPS) is 11.5. The van der Waals surface area contributed by atoms with Crippen molar-refractivity contribution in [1.82, 2.24) is 0 Å². The molecule has 1 heteroatoms. The van der Waals surface area contributed by atoms with Gasteiger partial charge in [-0.3, -0.25) is 4.79 Å². The third-order valence-corrected chi connectivity index (χ3v) is 0.963. The van der Waals surface area contributed by atoms with Crippen molar-refractivity contribution >= 4 is 6.29 Å². The average Bonchev–Trinajstić information content (AvgIpc) is 1.83. The largest absolute Gasteiger partial charge is 0.285 e. The zero-order chi connectivity index (χ0) is 6.41. The molecular formula is C7H11O. The van der Waals surface area contributed by atoms with E-state index in [2.05, 4.69) is 0 Å². The molecule has 1 nitrogen and oxygen atoms in total. The molecule has 1 radical (unpaired) electrons. The van der Waals surface area contributed by atoms with Crippen LogP contribution in [0.1, 0.15) is 26.7 Å². The highest BCUT2D eigenvalue weighted by molar-refractivity contribution is 5.73. The van der Waals surface area contributed by atoms with Gasteiger partial charge in [0.2, 0.25) is 6.29 Å². The highest BCUT2D eigenvalue weighted by atomic mass is 16.1. The summed E-state index contributed by atoms with van der Waals surface area (Å²) >= 11 is 0. The highest BCUT2D eigenvalue weighted by Crippen LogP contribution is 1.96. The second kappa shape index (κ2) is 4.57. The van der Waals surface area contributed by atoms with Crippen LogP contribution in [0.25, 0.3) is 0 Å². The fraction of sp³-hybridized carbons (Fsp3) is 0.571. The Morgan fingerprint density at radius 3 is 2.38 bits per heavy atom.